The molecule has 132 valence electrons. The summed E-state index contributed by atoms with van der Waals surface area (Å²) in [7, 11) is 1.66. The molecule has 1 saturated heterocycles. The Morgan fingerprint density at radius 1 is 1.16 bits per heavy atom. The minimum absolute atomic E-state index is 0.0805. The number of methoxy groups -OCH3 is 1. The Balaban J connectivity index is 1.51. The second kappa shape index (κ2) is 8.67. The van der Waals surface area contributed by atoms with Crippen molar-refractivity contribution in [3.8, 4) is 5.75 Å². The van der Waals surface area contributed by atoms with Gasteiger partial charge in [-0.15, -0.1) is 0 Å². The highest BCUT2D eigenvalue weighted by Gasteiger charge is 2.24. The number of carbonyl (C=O) groups is 1. The number of hydrogen-bond acceptors (Lipinski definition) is 3. The fourth-order valence-corrected chi connectivity index (χ4v) is 3.18. The van der Waals surface area contributed by atoms with Crippen molar-refractivity contribution < 1.29 is 14.3 Å². The second-order valence-electron chi connectivity index (χ2n) is 6.37. The monoisotopic (exact) mass is 339 g/mol. The van der Waals surface area contributed by atoms with Gasteiger partial charge in [0.25, 0.3) is 0 Å². The fourth-order valence-electron chi connectivity index (χ4n) is 3.18. The van der Waals surface area contributed by atoms with Crippen LogP contribution in [0, 0.1) is 0 Å². The number of benzene rings is 2. The molecule has 0 spiro atoms. The third kappa shape index (κ3) is 5.07. The first-order chi connectivity index (χ1) is 12.2. The van der Waals surface area contributed by atoms with E-state index in [0.717, 1.165) is 24.2 Å². The summed E-state index contributed by atoms with van der Waals surface area (Å²) < 4.78 is 11.1. The van der Waals surface area contributed by atoms with Crippen LogP contribution in [0.25, 0.3) is 0 Å². The van der Waals surface area contributed by atoms with Gasteiger partial charge < -0.3 is 14.4 Å². The lowest BCUT2D eigenvalue weighted by Gasteiger charge is -2.33. The van der Waals surface area contributed by atoms with E-state index in [-0.39, 0.29) is 12.0 Å². The van der Waals surface area contributed by atoms with E-state index in [1.54, 1.807) is 7.11 Å². The molecular formula is C21H25NO3. The Morgan fingerprint density at radius 3 is 2.76 bits per heavy atom. The SMILES string of the molecule is COc1cccc(CCC(=O)N2CCOC(Cc3ccccc3)C2)c1. The average molecular weight is 339 g/mol. The molecule has 1 aliphatic heterocycles. The quantitative estimate of drug-likeness (QED) is 0.812. The average Bonchev–Trinajstić information content (AvgIpc) is 2.67. The zero-order chi connectivity index (χ0) is 17.5. The maximum Gasteiger partial charge on any atom is 0.223 e. The molecule has 0 saturated carbocycles. The predicted octanol–water partition coefficient (Wildman–Crippen LogP) is 3.10. The van der Waals surface area contributed by atoms with Gasteiger partial charge in [0.2, 0.25) is 5.91 Å². The first-order valence-electron chi connectivity index (χ1n) is 8.81. The van der Waals surface area contributed by atoms with E-state index in [4.69, 9.17) is 9.47 Å². The highest BCUT2D eigenvalue weighted by molar-refractivity contribution is 5.76. The molecule has 2 aromatic rings. The molecule has 1 heterocycles. The third-order valence-electron chi connectivity index (χ3n) is 4.56. The zero-order valence-electron chi connectivity index (χ0n) is 14.7. The first-order valence-corrected chi connectivity index (χ1v) is 8.81. The van der Waals surface area contributed by atoms with Crippen molar-refractivity contribution in [1.82, 2.24) is 4.90 Å². The maximum absolute atomic E-state index is 12.6. The van der Waals surface area contributed by atoms with Crippen LogP contribution in [0.2, 0.25) is 0 Å². The van der Waals surface area contributed by atoms with E-state index in [0.29, 0.717) is 26.1 Å². The van der Waals surface area contributed by atoms with Crippen LogP contribution in [-0.4, -0.2) is 43.7 Å². The minimum atomic E-state index is 0.0805. The molecule has 1 aliphatic rings. The Labute approximate surface area is 149 Å². The van der Waals surface area contributed by atoms with Crippen molar-refractivity contribution in [2.24, 2.45) is 0 Å². The van der Waals surface area contributed by atoms with E-state index in [1.165, 1.54) is 5.56 Å². The van der Waals surface area contributed by atoms with Gasteiger partial charge in [-0.25, -0.2) is 0 Å². The number of amides is 1. The molecule has 0 radical (unpaired) electrons. The topological polar surface area (TPSA) is 38.8 Å². The molecule has 1 amide bonds. The Morgan fingerprint density at radius 2 is 1.96 bits per heavy atom. The number of carbonyl (C=O) groups excluding carboxylic acids is 1. The molecule has 1 atom stereocenters. The molecule has 1 fully saturated rings. The molecule has 0 N–H and O–H groups in total. The Kier molecular flexibility index (Phi) is 6.07. The first kappa shape index (κ1) is 17.5. The van der Waals surface area contributed by atoms with Gasteiger partial charge in [0.1, 0.15) is 5.75 Å². The van der Waals surface area contributed by atoms with Crippen LogP contribution < -0.4 is 4.74 Å². The number of nitrogens with zero attached hydrogens (tertiary/aromatic N) is 1. The van der Waals surface area contributed by atoms with Gasteiger partial charge in [0, 0.05) is 25.9 Å². The largest absolute Gasteiger partial charge is 0.497 e. The van der Waals surface area contributed by atoms with Crippen molar-refractivity contribution in [3.63, 3.8) is 0 Å². The summed E-state index contributed by atoms with van der Waals surface area (Å²) in [5.41, 5.74) is 2.37. The molecule has 0 bridgehead atoms. The van der Waals surface area contributed by atoms with E-state index in [1.807, 2.05) is 47.4 Å². The summed E-state index contributed by atoms with van der Waals surface area (Å²) in [6.07, 6.45) is 2.18. The molecule has 2 aromatic carbocycles. The minimum Gasteiger partial charge on any atom is -0.497 e. The van der Waals surface area contributed by atoms with Crippen molar-refractivity contribution in [2.45, 2.75) is 25.4 Å². The lowest BCUT2D eigenvalue weighted by molar-refractivity contribution is -0.138. The van der Waals surface area contributed by atoms with Crippen molar-refractivity contribution in [2.75, 3.05) is 26.8 Å². The van der Waals surface area contributed by atoms with Crippen molar-refractivity contribution >= 4 is 5.91 Å². The summed E-state index contributed by atoms with van der Waals surface area (Å²) in [5, 5.41) is 0. The lowest BCUT2D eigenvalue weighted by Crippen LogP contribution is -2.46. The van der Waals surface area contributed by atoms with Crippen LogP contribution in [0.4, 0.5) is 0 Å². The molecule has 4 nitrogen and oxygen atoms in total. The van der Waals surface area contributed by atoms with Gasteiger partial charge >= 0.3 is 0 Å². The number of hydrogen-bond donors (Lipinski definition) is 0. The highest BCUT2D eigenvalue weighted by Crippen LogP contribution is 2.16. The third-order valence-corrected chi connectivity index (χ3v) is 4.56. The Hall–Kier alpha value is -2.33. The van der Waals surface area contributed by atoms with Crippen LogP contribution >= 0.6 is 0 Å². The van der Waals surface area contributed by atoms with Gasteiger partial charge in [-0.2, -0.15) is 0 Å². The number of morpholine rings is 1. The van der Waals surface area contributed by atoms with Gasteiger partial charge in [0.05, 0.1) is 19.8 Å². The standard InChI is InChI=1S/C21H25NO3/c1-24-19-9-5-8-18(14-19)10-11-21(23)22-12-13-25-20(16-22)15-17-6-3-2-4-7-17/h2-9,14,20H,10-13,15-16H2,1H3. The Bertz CT molecular complexity index is 687. The van der Waals surface area contributed by atoms with Crippen LogP contribution in [0.1, 0.15) is 17.5 Å². The van der Waals surface area contributed by atoms with E-state index >= 15 is 0 Å². The molecule has 25 heavy (non-hydrogen) atoms. The molecular weight excluding hydrogens is 314 g/mol. The molecule has 0 aromatic heterocycles. The normalized spacial score (nSPS) is 17.3. The summed E-state index contributed by atoms with van der Waals surface area (Å²) in [4.78, 5) is 14.5. The molecule has 1 unspecified atom stereocenters. The molecule has 3 rings (SSSR count). The zero-order valence-corrected chi connectivity index (χ0v) is 14.7. The van der Waals surface area contributed by atoms with Crippen LogP contribution in [0.15, 0.2) is 54.6 Å². The molecule has 4 heteroatoms. The van der Waals surface area contributed by atoms with Crippen LogP contribution in [-0.2, 0) is 22.4 Å². The second-order valence-corrected chi connectivity index (χ2v) is 6.37. The van der Waals surface area contributed by atoms with Crippen molar-refractivity contribution in [3.05, 3.63) is 65.7 Å². The van der Waals surface area contributed by atoms with Crippen LogP contribution in [0.3, 0.4) is 0 Å². The predicted molar refractivity (Wildman–Crippen MR) is 97.8 cm³/mol. The van der Waals surface area contributed by atoms with E-state index in [2.05, 4.69) is 12.1 Å². The lowest BCUT2D eigenvalue weighted by atomic mass is 10.1. The number of aryl methyl sites for hydroxylation is 1. The molecule has 0 aliphatic carbocycles. The van der Waals surface area contributed by atoms with Gasteiger partial charge in [-0.05, 0) is 29.7 Å². The van der Waals surface area contributed by atoms with E-state index < -0.39 is 0 Å². The summed E-state index contributed by atoms with van der Waals surface area (Å²) in [6, 6.07) is 18.2. The van der Waals surface area contributed by atoms with Crippen molar-refractivity contribution in [1.29, 1.82) is 0 Å². The van der Waals surface area contributed by atoms with Gasteiger partial charge in [-0.1, -0.05) is 42.5 Å². The number of ether oxygens (including phenoxy) is 2. The van der Waals surface area contributed by atoms with Crippen LogP contribution in [0.5, 0.6) is 5.75 Å². The summed E-state index contributed by atoms with van der Waals surface area (Å²) >= 11 is 0. The summed E-state index contributed by atoms with van der Waals surface area (Å²) in [6.45, 7) is 1.97. The maximum atomic E-state index is 12.6. The summed E-state index contributed by atoms with van der Waals surface area (Å²) in [5.74, 6) is 1.03. The smallest absolute Gasteiger partial charge is 0.223 e. The fraction of sp³-hybridized carbons (Fsp3) is 0.381. The highest BCUT2D eigenvalue weighted by atomic mass is 16.5. The number of rotatable bonds is 6. The van der Waals surface area contributed by atoms with Gasteiger partial charge in [0.15, 0.2) is 0 Å². The van der Waals surface area contributed by atoms with E-state index in [9.17, 15) is 4.79 Å². The van der Waals surface area contributed by atoms with Gasteiger partial charge in [-0.3, -0.25) is 4.79 Å².